The van der Waals surface area contributed by atoms with Crippen molar-refractivity contribution in [2.24, 2.45) is 5.73 Å². The van der Waals surface area contributed by atoms with Crippen molar-refractivity contribution in [3.63, 3.8) is 0 Å². The summed E-state index contributed by atoms with van der Waals surface area (Å²) < 4.78 is 6.13. The van der Waals surface area contributed by atoms with Crippen LogP contribution in [0, 0.1) is 0 Å². The second kappa shape index (κ2) is 9.14. The number of amides is 1. The lowest BCUT2D eigenvalue weighted by Crippen LogP contribution is -2.21. The van der Waals surface area contributed by atoms with Gasteiger partial charge in [0.05, 0.1) is 18.9 Å². The molecule has 0 saturated carbocycles. The molecule has 0 aliphatic carbocycles. The number of benzene rings is 2. The average molecular weight is 363 g/mol. The number of nitrogens with one attached hydrogen (secondary N) is 1. The van der Waals surface area contributed by atoms with Crippen molar-refractivity contribution in [3.8, 4) is 0 Å². The summed E-state index contributed by atoms with van der Waals surface area (Å²) in [6, 6.07) is 20.4. The lowest BCUT2D eigenvalue weighted by atomic mass is 9.94. The van der Waals surface area contributed by atoms with Gasteiger partial charge in [0, 0.05) is 5.92 Å². The first-order valence-corrected chi connectivity index (χ1v) is 9.17. The van der Waals surface area contributed by atoms with Crippen LogP contribution in [0.25, 0.3) is 0 Å². The van der Waals surface area contributed by atoms with E-state index in [4.69, 9.17) is 10.5 Å². The van der Waals surface area contributed by atoms with Crippen molar-refractivity contribution in [1.82, 2.24) is 9.97 Å². The molecule has 1 heterocycles. The number of aryl methyl sites for hydroxylation is 1. The summed E-state index contributed by atoms with van der Waals surface area (Å²) in [6.07, 6.45) is 3.18. The van der Waals surface area contributed by atoms with Crippen LogP contribution in [-0.2, 0) is 17.8 Å². The third kappa shape index (κ3) is 5.28. The van der Waals surface area contributed by atoms with E-state index < -0.39 is 5.91 Å². The molecule has 2 aromatic carbocycles. The summed E-state index contributed by atoms with van der Waals surface area (Å²) in [4.78, 5) is 18.9. The Morgan fingerprint density at radius 1 is 1.07 bits per heavy atom. The van der Waals surface area contributed by atoms with Gasteiger partial charge in [-0.25, -0.2) is 4.98 Å². The van der Waals surface area contributed by atoms with Crippen LogP contribution in [-0.4, -0.2) is 22.0 Å². The van der Waals surface area contributed by atoms with E-state index in [9.17, 15) is 4.79 Å². The summed E-state index contributed by atoms with van der Waals surface area (Å²) in [5, 5.41) is 0. The topological polar surface area (TPSA) is 81.0 Å². The predicted molar refractivity (Wildman–Crippen MR) is 105 cm³/mol. The highest BCUT2D eigenvalue weighted by Crippen LogP contribution is 2.26. The van der Waals surface area contributed by atoms with E-state index in [1.165, 1.54) is 11.8 Å². The molecular formula is C22H25N3O2. The van der Waals surface area contributed by atoms with Crippen LogP contribution in [0.4, 0.5) is 0 Å². The van der Waals surface area contributed by atoms with Crippen LogP contribution in [0.3, 0.4) is 0 Å². The number of ether oxygens (including phenoxy) is 1. The molecule has 0 spiro atoms. The van der Waals surface area contributed by atoms with Gasteiger partial charge in [-0.15, -0.1) is 0 Å². The number of aromatic amines is 1. The van der Waals surface area contributed by atoms with E-state index in [0.29, 0.717) is 12.3 Å². The molecule has 1 unspecified atom stereocenters. The third-order valence-electron chi connectivity index (χ3n) is 4.72. The van der Waals surface area contributed by atoms with E-state index in [0.717, 1.165) is 24.2 Å². The molecule has 0 fully saturated rings. The molecule has 1 aromatic heterocycles. The van der Waals surface area contributed by atoms with Gasteiger partial charge in [0.2, 0.25) is 0 Å². The van der Waals surface area contributed by atoms with Crippen LogP contribution in [0.5, 0.6) is 0 Å². The number of hydrogen-bond acceptors (Lipinski definition) is 3. The Morgan fingerprint density at radius 2 is 1.70 bits per heavy atom. The van der Waals surface area contributed by atoms with Gasteiger partial charge < -0.3 is 15.5 Å². The molecular weight excluding hydrogens is 338 g/mol. The number of aromatic nitrogens is 2. The molecule has 5 heteroatoms. The molecule has 27 heavy (non-hydrogen) atoms. The van der Waals surface area contributed by atoms with Gasteiger partial charge in [0.25, 0.3) is 5.91 Å². The molecule has 1 amide bonds. The number of hydrogen-bond donors (Lipinski definition) is 2. The van der Waals surface area contributed by atoms with Crippen molar-refractivity contribution < 1.29 is 9.53 Å². The van der Waals surface area contributed by atoms with Crippen LogP contribution < -0.4 is 5.73 Å². The van der Waals surface area contributed by atoms with Gasteiger partial charge in [-0.2, -0.15) is 0 Å². The number of nitrogens with zero attached hydrogens (tertiary/aromatic N) is 1. The van der Waals surface area contributed by atoms with E-state index in [1.807, 2.05) is 55.5 Å². The Balaban J connectivity index is 1.72. The van der Waals surface area contributed by atoms with Gasteiger partial charge in [-0.05, 0) is 30.9 Å². The molecule has 140 valence electrons. The molecule has 5 nitrogen and oxygen atoms in total. The Bertz CT molecular complexity index is 846. The van der Waals surface area contributed by atoms with Crippen molar-refractivity contribution in [2.45, 2.75) is 38.4 Å². The standard InChI is InChI=1S/C22H25N3O2/c1-16(27-15-18-10-6-3-7-11-18)19(13-12-17-8-4-2-5-9-17)22-24-14-20(25-22)21(23)26/h2-11,14,16,19H,12-13,15H2,1H3,(H2,23,26)(H,24,25)/t16-,19?/m0/s1. The second-order valence-corrected chi connectivity index (χ2v) is 6.68. The summed E-state index contributed by atoms with van der Waals surface area (Å²) in [5.41, 5.74) is 8.08. The maximum atomic E-state index is 11.4. The second-order valence-electron chi connectivity index (χ2n) is 6.68. The normalized spacial score (nSPS) is 13.2. The molecule has 2 atom stereocenters. The zero-order chi connectivity index (χ0) is 19.1. The molecule has 0 aliphatic heterocycles. The minimum absolute atomic E-state index is 0.0296. The number of primary amides is 1. The fourth-order valence-electron chi connectivity index (χ4n) is 3.13. The van der Waals surface area contributed by atoms with Gasteiger partial charge in [0.15, 0.2) is 0 Å². The Hall–Kier alpha value is -2.92. The Labute approximate surface area is 159 Å². The van der Waals surface area contributed by atoms with E-state index in [2.05, 4.69) is 22.1 Å². The molecule has 0 saturated heterocycles. The molecule has 3 aromatic rings. The maximum absolute atomic E-state index is 11.4. The van der Waals surface area contributed by atoms with Crippen molar-refractivity contribution >= 4 is 5.91 Å². The van der Waals surface area contributed by atoms with Gasteiger partial charge in [-0.3, -0.25) is 4.79 Å². The van der Waals surface area contributed by atoms with Crippen molar-refractivity contribution in [2.75, 3.05) is 0 Å². The predicted octanol–water partition coefficient (Wildman–Crippen LogP) is 3.83. The zero-order valence-electron chi connectivity index (χ0n) is 15.5. The Morgan fingerprint density at radius 3 is 2.30 bits per heavy atom. The fraction of sp³-hybridized carbons (Fsp3) is 0.273. The maximum Gasteiger partial charge on any atom is 0.266 e. The van der Waals surface area contributed by atoms with Gasteiger partial charge in [0.1, 0.15) is 11.5 Å². The van der Waals surface area contributed by atoms with E-state index >= 15 is 0 Å². The van der Waals surface area contributed by atoms with Gasteiger partial charge in [-0.1, -0.05) is 60.7 Å². The first-order valence-electron chi connectivity index (χ1n) is 9.17. The first-order chi connectivity index (χ1) is 13.1. The number of imidazole rings is 1. The SMILES string of the molecule is C[C@H](OCc1ccccc1)C(CCc1ccccc1)c1ncc(C(N)=O)[nH]1. The highest BCUT2D eigenvalue weighted by atomic mass is 16.5. The van der Waals surface area contributed by atoms with Crippen molar-refractivity contribution in [1.29, 1.82) is 0 Å². The Kier molecular flexibility index (Phi) is 6.39. The number of H-pyrrole nitrogens is 1. The van der Waals surface area contributed by atoms with Crippen molar-refractivity contribution in [3.05, 3.63) is 89.5 Å². The highest BCUT2D eigenvalue weighted by Gasteiger charge is 2.24. The van der Waals surface area contributed by atoms with Crippen LogP contribution in [0.1, 0.15) is 46.7 Å². The molecule has 3 N–H and O–H groups in total. The zero-order valence-corrected chi connectivity index (χ0v) is 15.5. The largest absolute Gasteiger partial charge is 0.373 e. The number of nitrogens with two attached hydrogens (primary N) is 1. The molecule has 3 rings (SSSR count). The van der Waals surface area contributed by atoms with E-state index in [-0.39, 0.29) is 12.0 Å². The summed E-state index contributed by atoms with van der Waals surface area (Å²) >= 11 is 0. The summed E-state index contributed by atoms with van der Waals surface area (Å²) in [5.74, 6) is 0.260. The van der Waals surface area contributed by atoms with Gasteiger partial charge >= 0.3 is 0 Å². The minimum Gasteiger partial charge on any atom is -0.373 e. The smallest absolute Gasteiger partial charge is 0.266 e. The number of rotatable bonds is 9. The van der Waals surface area contributed by atoms with E-state index in [1.54, 1.807) is 0 Å². The minimum atomic E-state index is -0.506. The average Bonchev–Trinajstić information content (AvgIpc) is 3.18. The number of carbonyl (C=O) groups excluding carboxylic acids is 1. The lowest BCUT2D eigenvalue weighted by molar-refractivity contribution is 0.0308. The highest BCUT2D eigenvalue weighted by molar-refractivity contribution is 5.90. The first kappa shape index (κ1) is 18.9. The number of carbonyl (C=O) groups is 1. The fourth-order valence-corrected chi connectivity index (χ4v) is 3.13. The summed E-state index contributed by atoms with van der Waals surface area (Å²) in [6.45, 7) is 2.58. The molecule has 0 bridgehead atoms. The quantitative estimate of drug-likeness (QED) is 0.606. The lowest BCUT2D eigenvalue weighted by Gasteiger charge is -2.23. The van der Waals surface area contributed by atoms with Crippen LogP contribution >= 0.6 is 0 Å². The molecule has 0 aliphatic rings. The molecule has 0 radical (unpaired) electrons. The third-order valence-corrected chi connectivity index (χ3v) is 4.72. The monoisotopic (exact) mass is 363 g/mol. The summed E-state index contributed by atoms with van der Waals surface area (Å²) in [7, 11) is 0. The van der Waals surface area contributed by atoms with Crippen LogP contribution in [0.15, 0.2) is 66.9 Å². The van der Waals surface area contributed by atoms with Crippen LogP contribution in [0.2, 0.25) is 0 Å².